The van der Waals surface area contributed by atoms with Crippen molar-refractivity contribution in [1.29, 1.82) is 0 Å². The molecule has 0 radical (unpaired) electrons. The van der Waals surface area contributed by atoms with E-state index in [0.29, 0.717) is 24.5 Å². The molecule has 2 rings (SSSR count). The Bertz CT molecular complexity index is 833. The van der Waals surface area contributed by atoms with E-state index in [1.54, 1.807) is 12.1 Å². The second kappa shape index (κ2) is 13.6. The number of aromatic hydroxyl groups is 1. The average molecular weight is 510 g/mol. The molecule has 0 aliphatic heterocycles. The largest absolute Gasteiger partial charge is 1.00 e. The Morgan fingerprint density at radius 3 is 2.19 bits per heavy atom. The minimum atomic E-state index is -0.210. The van der Waals surface area contributed by atoms with E-state index < -0.39 is 0 Å². The molecular formula is C25H36BrNO5. The number of rotatable bonds is 13. The zero-order valence-electron chi connectivity index (χ0n) is 19.8. The van der Waals surface area contributed by atoms with Gasteiger partial charge in [-0.1, -0.05) is 24.3 Å². The molecule has 0 bridgehead atoms. The van der Waals surface area contributed by atoms with E-state index >= 15 is 0 Å². The number of benzene rings is 2. The highest BCUT2D eigenvalue weighted by Crippen LogP contribution is 2.26. The zero-order chi connectivity index (χ0) is 22.9. The molecule has 2 aromatic carbocycles. The van der Waals surface area contributed by atoms with Crippen molar-refractivity contribution in [2.75, 3.05) is 41.0 Å². The van der Waals surface area contributed by atoms with E-state index in [-0.39, 0.29) is 40.4 Å². The van der Waals surface area contributed by atoms with Gasteiger partial charge in [0.25, 0.3) is 0 Å². The minimum Gasteiger partial charge on any atom is -1.00 e. The number of phenols is 1. The van der Waals surface area contributed by atoms with Gasteiger partial charge in [0.1, 0.15) is 18.0 Å². The first-order chi connectivity index (χ1) is 14.8. The number of ketones is 1. The molecule has 0 aliphatic carbocycles. The lowest BCUT2D eigenvalue weighted by Gasteiger charge is -2.30. The number of quaternary nitrogens is 1. The summed E-state index contributed by atoms with van der Waals surface area (Å²) in [6.45, 7) is 7.13. The second-order valence-corrected chi connectivity index (χ2v) is 8.21. The fourth-order valence-corrected chi connectivity index (χ4v) is 3.59. The van der Waals surface area contributed by atoms with E-state index in [0.717, 1.165) is 36.0 Å². The average Bonchev–Trinajstić information content (AvgIpc) is 2.73. The fourth-order valence-electron chi connectivity index (χ4n) is 3.59. The van der Waals surface area contributed by atoms with Crippen molar-refractivity contribution in [1.82, 2.24) is 0 Å². The van der Waals surface area contributed by atoms with E-state index in [1.807, 2.05) is 38.1 Å². The first kappa shape index (κ1) is 28.1. The predicted molar refractivity (Wildman–Crippen MR) is 121 cm³/mol. The van der Waals surface area contributed by atoms with Gasteiger partial charge >= 0.3 is 0 Å². The van der Waals surface area contributed by atoms with Crippen LogP contribution in [0.3, 0.4) is 0 Å². The fraction of sp³-hybridized carbons (Fsp3) is 0.480. The first-order valence-electron chi connectivity index (χ1n) is 10.9. The number of carbonyl (C=O) groups is 1. The van der Waals surface area contributed by atoms with Crippen molar-refractivity contribution >= 4 is 5.78 Å². The summed E-state index contributed by atoms with van der Waals surface area (Å²) in [6.07, 6.45) is 1.75. The monoisotopic (exact) mass is 509 g/mol. The van der Waals surface area contributed by atoms with E-state index in [4.69, 9.17) is 14.2 Å². The predicted octanol–water partition coefficient (Wildman–Crippen LogP) is 1.39. The van der Waals surface area contributed by atoms with Gasteiger partial charge in [-0.25, -0.2) is 0 Å². The van der Waals surface area contributed by atoms with Crippen LogP contribution in [-0.2, 0) is 16.0 Å². The summed E-state index contributed by atoms with van der Waals surface area (Å²) in [7, 11) is 5.92. The smallest absolute Gasteiger partial charge is 0.196 e. The number of nitrogens with zero attached hydrogens (tertiary/aromatic N) is 1. The van der Waals surface area contributed by atoms with Crippen LogP contribution in [0.1, 0.15) is 48.2 Å². The van der Waals surface area contributed by atoms with Crippen LogP contribution < -0.4 is 21.7 Å². The molecule has 1 N–H and O–H groups in total. The number of hydrogen-bond acceptors (Lipinski definition) is 5. The van der Waals surface area contributed by atoms with Crippen molar-refractivity contribution in [3.63, 3.8) is 0 Å². The molecule has 0 saturated heterocycles. The molecule has 0 fully saturated rings. The molecule has 0 spiro atoms. The molecule has 178 valence electrons. The van der Waals surface area contributed by atoms with Crippen molar-refractivity contribution in [2.45, 2.75) is 39.5 Å². The lowest BCUT2D eigenvalue weighted by atomic mass is 10.0. The maximum Gasteiger partial charge on any atom is 0.196 e. The Morgan fingerprint density at radius 2 is 1.66 bits per heavy atom. The number of halogens is 1. The minimum absolute atomic E-state index is 0. The molecule has 0 heterocycles. The summed E-state index contributed by atoms with van der Waals surface area (Å²) < 4.78 is 17.2. The van der Waals surface area contributed by atoms with Crippen LogP contribution >= 0.6 is 0 Å². The summed E-state index contributed by atoms with van der Waals surface area (Å²) in [6, 6.07) is 12.3. The molecule has 0 atom stereocenters. The third kappa shape index (κ3) is 8.54. The van der Waals surface area contributed by atoms with Gasteiger partial charge in [-0.3, -0.25) is 4.79 Å². The molecule has 0 amide bonds. The summed E-state index contributed by atoms with van der Waals surface area (Å²) in [5.74, 6) is 0.222. The normalized spacial score (nSPS) is 11.3. The molecular weight excluding hydrogens is 474 g/mol. The van der Waals surface area contributed by atoms with Gasteiger partial charge in [-0.15, -0.1) is 0 Å². The molecule has 0 saturated carbocycles. The van der Waals surface area contributed by atoms with Crippen LogP contribution in [0, 0.1) is 0 Å². The Balaban J connectivity index is 0.00000512. The van der Waals surface area contributed by atoms with Crippen molar-refractivity contribution in [2.24, 2.45) is 0 Å². The van der Waals surface area contributed by atoms with Gasteiger partial charge in [-0.05, 0) is 26.0 Å². The van der Waals surface area contributed by atoms with E-state index in [1.165, 1.54) is 13.2 Å². The van der Waals surface area contributed by atoms with Crippen LogP contribution in [0.15, 0.2) is 42.5 Å². The Morgan fingerprint density at radius 1 is 1.03 bits per heavy atom. The lowest BCUT2D eigenvalue weighted by Crippen LogP contribution is -3.00. The standard InChI is InChI=1S/C25H35NO5.BrH/c1-6-30-24(31-7-2)9-8-16-26(3,4)18-19-10-12-20(13-11-19)25(28)22-15-14-21(29-5)17-23(22)27;/h10-15,17,24H,6-9,16,18H2,1-5H3;1H. The summed E-state index contributed by atoms with van der Waals surface area (Å²) >= 11 is 0. The van der Waals surface area contributed by atoms with Gasteiger partial charge in [0.05, 0.1) is 33.3 Å². The van der Waals surface area contributed by atoms with Crippen LogP contribution in [0.2, 0.25) is 0 Å². The summed E-state index contributed by atoms with van der Waals surface area (Å²) in [4.78, 5) is 12.7. The van der Waals surface area contributed by atoms with E-state index in [2.05, 4.69) is 14.1 Å². The Labute approximate surface area is 202 Å². The highest BCUT2D eigenvalue weighted by molar-refractivity contribution is 6.10. The van der Waals surface area contributed by atoms with Crippen LogP contribution in [0.4, 0.5) is 0 Å². The molecule has 0 aliphatic rings. The summed E-state index contributed by atoms with van der Waals surface area (Å²) in [5, 5.41) is 10.1. The van der Waals surface area contributed by atoms with Gasteiger partial charge < -0.3 is 40.8 Å². The molecule has 6 nitrogen and oxygen atoms in total. The third-order valence-corrected chi connectivity index (χ3v) is 5.18. The van der Waals surface area contributed by atoms with Crippen molar-refractivity contribution in [3.8, 4) is 11.5 Å². The summed E-state index contributed by atoms with van der Waals surface area (Å²) in [5.41, 5.74) is 1.97. The first-order valence-corrected chi connectivity index (χ1v) is 10.9. The third-order valence-electron chi connectivity index (χ3n) is 5.18. The number of methoxy groups -OCH3 is 1. The Kier molecular flexibility index (Phi) is 11.9. The molecule has 0 unspecified atom stereocenters. The van der Waals surface area contributed by atoms with Crippen molar-refractivity contribution < 1.29 is 45.6 Å². The van der Waals surface area contributed by atoms with Crippen molar-refractivity contribution in [3.05, 3.63) is 59.2 Å². The highest BCUT2D eigenvalue weighted by Gasteiger charge is 2.19. The van der Waals surface area contributed by atoms with Gasteiger partial charge in [-0.2, -0.15) is 0 Å². The number of phenolic OH excluding ortho intramolecular Hbond substituents is 1. The molecule has 7 heteroatoms. The SMILES string of the molecule is CCOC(CCC[N+](C)(C)Cc1ccc(C(=O)c2ccc(OC)cc2O)cc1)OCC.[Br-]. The van der Waals surface area contributed by atoms with Crippen LogP contribution in [-0.4, -0.2) is 62.6 Å². The van der Waals surface area contributed by atoms with E-state index in [9.17, 15) is 9.90 Å². The number of ether oxygens (including phenoxy) is 3. The maximum atomic E-state index is 12.7. The quantitative estimate of drug-likeness (QED) is 0.251. The molecule has 0 aromatic heterocycles. The molecule has 2 aromatic rings. The van der Waals surface area contributed by atoms with Gasteiger partial charge in [0.2, 0.25) is 0 Å². The Hall–Kier alpha value is -1.93. The van der Waals surface area contributed by atoms with Crippen LogP contribution in [0.25, 0.3) is 0 Å². The topological polar surface area (TPSA) is 65.0 Å². The van der Waals surface area contributed by atoms with Gasteiger partial charge in [0.15, 0.2) is 12.1 Å². The highest BCUT2D eigenvalue weighted by atomic mass is 79.9. The van der Waals surface area contributed by atoms with Crippen LogP contribution in [0.5, 0.6) is 11.5 Å². The number of hydrogen-bond donors (Lipinski definition) is 1. The zero-order valence-corrected chi connectivity index (χ0v) is 21.4. The lowest BCUT2D eigenvalue weighted by molar-refractivity contribution is -0.903. The maximum absolute atomic E-state index is 12.7. The number of carbonyl (C=O) groups excluding carboxylic acids is 1. The second-order valence-electron chi connectivity index (χ2n) is 8.21. The van der Waals surface area contributed by atoms with Gasteiger partial charge in [0, 0.05) is 43.2 Å². The molecule has 32 heavy (non-hydrogen) atoms.